The Morgan fingerprint density at radius 3 is 2.14 bits per heavy atom. The number of nitrogens with zero attached hydrogens (tertiary/aromatic N) is 1. The van der Waals surface area contributed by atoms with Crippen LogP contribution in [-0.2, 0) is 6.42 Å². The fraction of sp³-hybridized carbons (Fsp3) is 0.321. The van der Waals surface area contributed by atoms with Gasteiger partial charge in [0.05, 0.1) is 12.1 Å². The second-order valence-electron chi connectivity index (χ2n) is 9.14. The van der Waals surface area contributed by atoms with Gasteiger partial charge in [-0.3, -0.25) is 0 Å². The third-order valence-electron chi connectivity index (χ3n) is 6.52. The summed E-state index contributed by atoms with van der Waals surface area (Å²) >= 11 is 0. The molecule has 1 aliphatic heterocycles. The van der Waals surface area contributed by atoms with E-state index in [0.29, 0.717) is 18.2 Å². The molecule has 35 heavy (non-hydrogen) atoms. The molecule has 4 rings (SSSR count). The fourth-order valence-corrected chi connectivity index (χ4v) is 4.60. The number of nitrogens with one attached hydrogen (secondary N) is 2. The molecule has 7 heteroatoms. The zero-order valence-corrected chi connectivity index (χ0v) is 19.5. The first-order valence-corrected chi connectivity index (χ1v) is 12.0. The van der Waals surface area contributed by atoms with Crippen LogP contribution in [0.15, 0.2) is 78.9 Å². The highest BCUT2D eigenvalue weighted by Crippen LogP contribution is 2.24. The number of aliphatic hydroxyl groups excluding tert-OH is 1. The van der Waals surface area contributed by atoms with Gasteiger partial charge in [0, 0.05) is 12.2 Å². The van der Waals surface area contributed by atoms with Crippen LogP contribution in [-0.4, -0.2) is 41.8 Å². The van der Waals surface area contributed by atoms with E-state index in [9.17, 15) is 18.7 Å². The van der Waals surface area contributed by atoms with Gasteiger partial charge in [-0.25, -0.2) is 13.6 Å². The topological polar surface area (TPSA) is 64.6 Å². The largest absolute Gasteiger partial charge is 0.389 e. The van der Waals surface area contributed by atoms with Gasteiger partial charge in [-0.2, -0.15) is 0 Å². The van der Waals surface area contributed by atoms with Crippen molar-refractivity contribution >= 4 is 11.7 Å². The van der Waals surface area contributed by atoms with Gasteiger partial charge in [0.1, 0.15) is 11.6 Å². The third-order valence-corrected chi connectivity index (χ3v) is 6.52. The lowest BCUT2D eigenvalue weighted by molar-refractivity contribution is 0.0657. The van der Waals surface area contributed by atoms with Crippen LogP contribution in [0.5, 0.6) is 0 Å². The Hall–Kier alpha value is -3.29. The lowest BCUT2D eigenvalue weighted by Crippen LogP contribution is -2.46. The molecule has 1 saturated heterocycles. The van der Waals surface area contributed by atoms with Crippen molar-refractivity contribution in [3.05, 3.63) is 102 Å². The molecule has 1 heterocycles. The summed E-state index contributed by atoms with van der Waals surface area (Å²) in [6.45, 7) is 2.14. The molecule has 0 aromatic heterocycles. The first-order valence-electron chi connectivity index (χ1n) is 12.0. The first-order chi connectivity index (χ1) is 17.0. The van der Waals surface area contributed by atoms with E-state index in [1.807, 2.05) is 42.5 Å². The molecule has 2 amide bonds. The Kier molecular flexibility index (Phi) is 8.45. The van der Waals surface area contributed by atoms with Crippen molar-refractivity contribution in [3.63, 3.8) is 0 Å². The molecule has 0 aliphatic carbocycles. The number of halogens is 2. The number of hydrogen-bond donors (Lipinski definition) is 3. The number of anilines is 1. The standard InChI is InChI=1S/C28H31F2N3O2/c29-23-8-6-20(7-9-23)18-21-14-16-33(17-15-21)19-26(34)27(22-4-2-1-3-5-22)32-28(35)31-25-12-10-24(30)11-13-25/h1-13,21,26-27,34H,14-19H2,(H2,31,32,35)/t26-,27-/m1/s1. The maximum Gasteiger partial charge on any atom is 0.319 e. The molecule has 0 bridgehead atoms. The molecule has 3 aromatic carbocycles. The molecule has 1 aliphatic rings. The number of carbonyl (C=O) groups excluding carboxylic acids is 1. The molecule has 0 saturated carbocycles. The van der Waals surface area contributed by atoms with Crippen LogP contribution >= 0.6 is 0 Å². The van der Waals surface area contributed by atoms with E-state index < -0.39 is 18.2 Å². The number of urea groups is 1. The van der Waals surface area contributed by atoms with Gasteiger partial charge in [-0.1, -0.05) is 42.5 Å². The average molecular weight is 480 g/mol. The summed E-state index contributed by atoms with van der Waals surface area (Å²) in [7, 11) is 0. The summed E-state index contributed by atoms with van der Waals surface area (Å²) < 4.78 is 26.3. The van der Waals surface area contributed by atoms with Crippen molar-refractivity contribution in [1.82, 2.24) is 10.2 Å². The molecule has 0 unspecified atom stereocenters. The lowest BCUT2D eigenvalue weighted by Gasteiger charge is -2.35. The smallest absolute Gasteiger partial charge is 0.319 e. The van der Waals surface area contributed by atoms with Crippen molar-refractivity contribution in [1.29, 1.82) is 0 Å². The Morgan fingerprint density at radius 2 is 1.51 bits per heavy atom. The number of rotatable bonds is 8. The van der Waals surface area contributed by atoms with Crippen molar-refractivity contribution in [3.8, 4) is 0 Å². The minimum atomic E-state index is -0.815. The molecule has 0 radical (unpaired) electrons. The second kappa shape index (κ2) is 11.9. The first kappa shape index (κ1) is 24.8. The molecule has 184 valence electrons. The monoisotopic (exact) mass is 479 g/mol. The van der Waals surface area contributed by atoms with Gasteiger partial charge < -0.3 is 20.6 Å². The number of benzene rings is 3. The molecule has 1 fully saturated rings. The van der Waals surface area contributed by atoms with Crippen molar-refractivity contribution in [2.75, 3.05) is 25.0 Å². The predicted octanol–water partition coefficient (Wildman–Crippen LogP) is 5.14. The summed E-state index contributed by atoms with van der Waals surface area (Å²) in [4.78, 5) is 14.9. The van der Waals surface area contributed by atoms with E-state index >= 15 is 0 Å². The minimum absolute atomic E-state index is 0.217. The van der Waals surface area contributed by atoms with Gasteiger partial charge in [-0.05, 0) is 85.8 Å². The van der Waals surface area contributed by atoms with Crippen LogP contribution in [0.3, 0.4) is 0 Å². The highest BCUT2D eigenvalue weighted by atomic mass is 19.1. The van der Waals surface area contributed by atoms with Crippen LogP contribution in [0, 0.1) is 17.6 Å². The summed E-state index contributed by atoms with van der Waals surface area (Å²) in [6.07, 6.45) is 2.11. The number of β-amino-alcohol motifs (C(OH)–C–C–N with tert-alkyl or cyclic N) is 1. The maximum atomic E-state index is 13.2. The van der Waals surface area contributed by atoms with Gasteiger partial charge in [0.2, 0.25) is 0 Å². The zero-order valence-electron chi connectivity index (χ0n) is 19.5. The van der Waals surface area contributed by atoms with E-state index in [1.54, 1.807) is 0 Å². The van der Waals surface area contributed by atoms with Crippen molar-refractivity contribution in [2.45, 2.75) is 31.4 Å². The number of carbonyl (C=O) groups is 1. The van der Waals surface area contributed by atoms with Gasteiger partial charge in [-0.15, -0.1) is 0 Å². The SMILES string of the molecule is O=C(Nc1ccc(F)cc1)N[C@H](c1ccccc1)[C@H](O)CN1CCC(Cc2ccc(F)cc2)CC1. The summed E-state index contributed by atoms with van der Waals surface area (Å²) in [5.41, 5.74) is 2.42. The minimum Gasteiger partial charge on any atom is -0.389 e. The van der Waals surface area contributed by atoms with E-state index in [1.165, 1.54) is 36.4 Å². The average Bonchev–Trinajstić information content (AvgIpc) is 2.87. The zero-order chi connectivity index (χ0) is 24.6. The summed E-state index contributed by atoms with van der Waals surface area (Å²) in [5.74, 6) is -0.0705. The Balaban J connectivity index is 1.33. The number of hydrogen-bond acceptors (Lipinski definition) is 3. The van der Waals surface area contributed by atoms with Crippen LogP contribution in [0.25, 0.3) is 0 Å². The highest BCUT2D eigenvalue weighted by Gasteiger charge is 2.27. The highest BCUT2D eigenvalue weighted by molar-refractivity contribution is 5.89. The predicted molar refractivity (Wildman–Crippen MR) is 133 cm³/mol. The van der Waals surface area contributed by atoms with E-state index in [2.05, 4.69) is 15.5 Å². The van der Waals surface area contributed by atoms with Gasteiger partial charge in [0.25, 0.3) is 0 Å². The number of aliphatic hydroxyl groups is 1. The molecule has 3 N–H and O–H groups in total. The molecule has 0 spiro atoms. The van der Waals surface area contributed by atoms with Crippen molar-refractivity contribution < 1.29 is 18.7 Å². The Morgan fingerprint density at radius 1 is 0.914 bits per heavy atom. The Labute approximate surface area is 204 Å². The van der Waals surface area contributed by atoms with E-state index in [-0.39, 0.29) is 11.6 Å². The third kappa shape index (κ3) is 7.34. The van der Waals surface area contributed by atoms with Gasteiger partial charge in [0.15, 0.2) is 0 Å². The van der Waals surface area contributed by atoms with E-state index in [4.69, 9.17) is 0 Å². The molecular weight excluding hydrogens is 448 g/mol. The van der Waals surface area contributed by atoms with Crippen LogP contribution in [0.1, 0.15) is 30.0 Å². The maximum absolute atomic E-state index is 13.2. The molecule has 5 nitrogen and oxygen atoms in total. The van der Waals surface area contributed by atoms with Crippen LogP contribution < -0.4 is 10.6 Å². The van der Waals surface area contributed by atoms with Crippen LogP contribution in [0.2, 0.25) is 0 Å². The van der Waals surface area contributed by atoms with Crippen molar-refractivity contribution in [2.24, 2.45) is 5.92 Å². The molecule has 2 atom stereocenters. The molecule has 3 aromatic rings. The normalized spacial score (nSPS) is 16.4. The molecular formula is C28H31F2N3O2. The number of piperidine rings is 1. The quantitative estimate of drug-likeness (QED) is 0.419. The summed E-state index contributed by atoms with van der Waals surface area (Å²) in [5, 5.41) is 16.7. The van der Waals surface area contributed by atoms with E-state index in [0.717, 1.165) is 43.5 Å². The Bertz CT molecular complexity index is 1070. The number of likely N-dealkylation sites (tertiary alicyclic amines) is 1. The second-order valence-corrected chi connectivity index (χ2v) is 9.14. The van der Waals surface area contributed by atoms with Gasteiger partial charge >= 0.3 is 6.03 Å². The fourth-order valence-electron chi connectivity index (χ4n) is 4.60. The summed E-state index contributed by atoms with van der Waals surface area (Å²) in [6, 6.07) is 20.5. The number of amides is 2. The van der Waals surface area contributed by atoms with Crippen LogP contribution in [0.4, 0.5) is 19.3 Å². The lowest BCUT2D eigenvalue weighted by atomic mass is 9.90.